The summed E-state index contributed by atoms with van der Waals surface area (Å²) in [5, 5.41) is 0. The minimum atomic E-state index is -3.84. The van der Waals surface area contributed by atoms with Gasteiger partial charge in [-0.1, -0.05) is 23.3 Å². The zero-order chi connectivity index (χ0) is 22.9. The molecule has 1 fully saturated rings. The topological polar surface area (TPSA) is 81.0 Å². The number of benzene rings is 2. The summed E-state index contributed by atoms with van der Waals surface area (Å²) in [7, 11) is -2.32. The fraction of sp³-hybridized carbons (Fsp3) is 0.304. The number of sulfonamides is 1. The van der Waals surface area contributed by atoms with Gasteiger partial charge in [0, 0.05) is 6.54 Å². The Morgan fingerprint density at radius 3 is 2.72 bits per heavy atom. The highest BCUT2D eigenvalue weighted by atomic mass is 32.2. The van der Waals surface area contributed by atoms with Gasteiger partial charge in [0.1, 0.15) is 11.8 Å². The molecule has 1 aromatic heterocycles. The Kier molecular flexibility index (Phi) is 6.20. The van der Waals surface area contributed by atoms with Crippen LogP contribution in [-0.2, 0) is 21.4 Å². The Morgan fingerprint density at radius 2 is 2.03 bits per heavy atom. The van der Waals surface area contributed by atoms with Gasteiger partial charge in [0.05, 0.1) is 28.8 Å². The van der Waals surface area contributed by atoms with E-state index in [-0.39, 0.29) is 18.0 Å². The van der Waals surface area contributed by atoms with Crippen LogP contribution in [0.15, 0.2) is 52.4 Å². The van der Waals surface area contributed by atoms with Crippen molar-refractivity contribution in [2.45, 2.75) is 37.2 Å². The fourth-order valence-electron chi connectivity index (χ4n) is 3.84. The smallest absolute Gasteiger partial charge is 0.266 e. The summed E-state index contributed by atoms with van der Waals surface area (Å²) < 4.78 is 35.6. The average molecular weight is 470 g/mol. The number of hydrogen-bond acceptors (Lipinski definition) is 5. The number of methoxy groups -OCH3 is 1. The Balaban J connectivity index is 1.70. The average Bonchev–Trinajstić information content (AvgIpc) is 3.40. The molecule has 1 aliphatic rings. The summed E-state index contributed by atoms with van der Waals surface area (Å²) in [6.45, 7) is 2.54. The third-order valence-electron chi connectivity index (χ3n) is 5.45. The van der Waals surface area contributed by atoms with Gasteiger partial charge in [0.25, 0.3) is 5.91 Å². The molecule has 1 aliphatic heterocycles. The standard InChI is InChI=1S/C23H23N3O4S2/c1-4-13-25-19-12-7-16(2)15-21(19)31-23(25)24-22(27)20-6-5-14-26(20)32(28,29)18-10-8-17(30-3)9-11-18/h1,7-12,15,20H,5-6,13-14H2,2-3H3. The van der Waals surface area contributed by atoms with Gasteiger partial charge in [-0.05, 0) is 61.7 Å². The Bertz CT molecular complexity index is 1380. The van der Waals surface area contributed by atoms with E-state index in [2.05, 4.69) is 10.9 Å². The molecule has 3 aromatic rings. The summed E-state index contributed by atoms with van der Waals surface area (Å²) in [4.78, 5) is 18.1. The zero-order valence-electron chi connectivity index (χ0n) is 17.8. The van der Waals surface area contributed by atoms with Crippen LogP contribution in [0.1, 0.15) is 18.4 Å². The highest BCUT2D eigenvalue weighted by Crippen LogP contribution is 2.28. The lowest BCUT2D eigenvalue weighted by Gasteiger charge is -2.21. The highest BCUT2D eigenvalue weighted by molar-refractivity contribution is 7.89. The van der Waals surface area contributed by atoms with E-state index in [4.69, 9.17) is 11.2 Å². The van der Waals surface area contributed by atoms with Crippen LogP contribution in [0.5, 0.6) is 5.75 Å². The maximum absolute atomic E-state index is 13.2. The number of hydrogen-bond donors (Lipinski definition) is 0. The van der Waals surface area contributed by atoms with Crippen molar-refractivity contribution in [3.8, 4) is 18.1 Å². The second-order valence-electron chi connectivity index (χ2n) is 7.55. The first-order valence-electron chi connectivity index (χ1n) is 10.1. The van der Waals surface area contributed by atoms with Crippen LogP contribution < -0.4 is 9.54 Å². The van der Waals surface area contributed by atoms with E-state index in [9.17, 15) is 13.2 Å². The van der Waals surface area contributed by atoms with E-state index < -0.39 is 22.0 Å². The van der Waals surface area contributed by atoms with Crippen LogP contribution in [0.4, 0.5) is 0 Å². The number of carbonyl (C=O) groups excluding carboxylic acids is 1. The van der Waals surface area contributed by atoms with Crippen LogP contribution in [0.3, 0.4) is 0 Å². The van der Waals surface area contributed by atoms with Crippen molar-refractivity contribution in [2.75, 3.05) is 13.7 Å². The predicted molar refractivity (Wildman–Crippen MR) is 124 cm³/mol. The van der Waals surface area contributed by atoms with Crippen molar-refractivity contribution in [2.24, 2.45) is 4.99 Å². The van der Waals surface area contributed by atoms with Crippen LogP contribution in [0.2, 0.25) is 0 Å². The summed E-state index contributed by atoms with van der Waals surface area (Å²) in [6, 6.07) is 11.3. The van der Waals surface area contributed by atoms with E-state index in [1.807, 2.05) is 29.7 Å². The Labute approximate surface area is 191 Å². The molecule has 166 valence electrons. The van der Waals surface area contributed by atoms with E-state index in [0.717, 1.165) is 15.8 Å². The van der Waals surface area contributed by atoms with E-state index in [1.165, 1.54) is 34.9 Å². The molecule has 7 nitrogen and oxygen atoms in total. The monoisotopic (exact) mass is 469 g/mol. The van der Waals surface area contributed by atoms with Crippen molar-refractivity contribution in [1.29, 1.82) is 0 Å². The maximum Gasteiger partial charge on any atom is 0.266 e. The number of aryl methyl sites for hydroxylation is 1. The molecule has 1 amide bonds. The van der Waals surface area contributed by atoms with Crippen molar-refractivity contribution in [3.63, 3.8) is 0 Å². The van der Waals surface area contributed by atoms with Gasteiger partial charge < -0.3 is 9.30 Å². The lowest BCUT2D eigenvalue weighted by Crippen LogP contribution is -2.40. The Morgan fingerprint density at radius 1 is 1.28 bits per heavy atom. The number of aromatic nitrogens is 1. The van der Waals surface area contributed by atoms with Gasteiger partial charge in [-0.2, -0.15) is 9.30 Å². The SMILES string of the molecule is C#CCn1c(=NC(=O)C2CCCN2S(=O)(=O)c2ccc(OC)cc2)sc2cc(C)ccc21. The van der Waals surface area contributed by atoms with Crippen molar-refractivity contribution in [1.82, 2.24) is 8.87 Å². The number of fused-ring (bicyclic) bond motifs is 1. The molecule has 1 atom stereocenters. The van der Waals surface area contributed by atoms with E-state index in [0.29, 0.717) is 23.4 Å². The van der Waals surface area contributed by atoms with Gasteiger partial charge in [-0.25, -0.2) is 8.42 Å². The molecule has 0 bridgehead atoms. The van der Waals surface area contributed by atoms with Gasteiger partial charge in [0.15, 0.2) is 4.80 Å². The van der Waals surface area contributed by atoms with Gasteiger partial charge in [0.2, 0.25) is 10.0 Å². The first-order valence-corrected chi connectivity index (χ1v) is 12.4. The van der Waals surface area contributed by atoms with E-state index >= 15 is 0 Å². The number of thiazole rings is 1. The minimum Gasteiger partial charge on any atom is -0.497 e. The Hall–Kier alpha value is -2.93. The predicted octanol–water partition coefficient (Wildman–Crippen LogP) is 2.93. The normalized spacial score (nSPS) is 17.5. The van der Waals surface area contributed by atoms with E-state index in [1.54, 1.807) is 12.1 Å². The van der Waals surface area contributed by atoms with Crippen molar-refractivity contribution in [3.05, 3.63) is 52.8 Å². The zero-order valence-corrected chi connectivity index (χ0v) is 19.4. The molecule has 32 heavy (non-hydrogen) atoms. The summed E-state index contributed by atoms with van der Waals surface area (Å²) in [5.41, 5.74) is 2.00. The lowest BCUT2D eigenvalue weighted by atomic mass is 10.2. The number of carbonyl (C=O) groups is 1. The molecule has 0 spiro atoms. The molecular weight excluding hydrogens is 446 g/mol. The summed E-state index contributed by atoms with van der Waals surface area (Å²) in [6.07, 6.45) is 6.56. The van der Waals surface area contributed by atoms with Gasteiger partial charge >= 0.3 is 0 Å². The molecule has 2 heterocycles. The molecule has 9 heteroatoms. The second-order valence-corrected chi connectivity index (χ2v) is 10.4. The van der Waals surface area contributed by atoms with Crippen molar-refractivity contribution < 1.29 is 17.9 Å². The van der Waals surface area contributed by atoms with Crippen molar-refractivity contribution >= 4 is 37.5 Å². The third-order valence-corrected chi connectivity index (χ3v) is 8.41. The molecule has 0 radical (unpaired) electrons. The third kappa shape index (κ3) is 4.09. The molecule has 4 rings (SSSR count). The second kappa shape index (κ2) is 8.90. The molecule has 2 aromatic carbocycles. The number of rotatable bonds is 5. The maximum atomic E-state index is 13.2. The minimum absolute atomic E-state index is 0.123. The molecule has 0 N–H and O–H groups in total. The number of ether oxygens (including phenoxy) is 1. The highest BCUT2D eigenvalue weighted by Gasteiger charge is 2.39. The summed E-state index contributed by atoms with van der Waals surface area (Å²) >= 11 is 1.37. The first kappa shape index (κ1) is 22.3. The quantitative estimate of drug-likeness (QED) is 0.538. The van der Waals surface area contributed by atoms with Crippen LogP contribution in [0.25, 0.3) is 10.2 Å². The number of amides is 1. The molecule has 0 saturated carbocycles. The van der Waals surface area contributed by atoms with Crippen LogP contribution in [-0.4, -0.2) is 42.9 Å². The lowest BCUT2D eigenvalue weighted by molar-refractivity contribution is -0.121. The first-order chi connectivity index (χ1) is 15.3. The molecular formula is C23H23N3O4S2. The number of terminal acetylenes is 1. The largest absolute Gasteiger partial charge is 0.497 e. The van der Waals surface area contributed by atoms with Gasteiger partial charge in [-0.3, -0.25) is 4.79 Å². The number of nitrogens with zero attached hydrogens (tertiary/aromatic N) is 3. The molecule has 1 unspecified atom stereocenters. The molecule has 0 aliphatic carbocycles. The van der Waals surface area contributed by atoms with Crippen LogP contribution >= 0.6 is 11.3 Å². The molecule has 1 saturated heterocycles. The fourth-order valence-corrected chi connectivity index (χ4v) is 6.62. The summed E-state index contributed by atoms with van der Waals surface area (Å²) in [5.74, 6) is 2.69. The van der Waals surface area contributed by atoms with Gasteiger partial charge in [-0.15, -0.1) is 6.42 Å². The van der Waals surface area contributed by atoms with Crippen LogP contribution in [0, 0.1) is 19.3 Å².